The van der Waals surface area contributed by atoms with Gasteiger partial charge in [0.1, 0.15) is 12.3 Å². The Morgan fingerprint density at radius 1 is 1.06 bits per heavy atom. The number of aliphatic hydroxyl groups is 2. The zero-order valence-electron chi connectivity index (χ0n) is 11.5. The maximum atomic E-state index is 9.42. The molecule has 0 fully saturated rings. The number of aliphatic hydroxyl groups excluding tert-OH is 2. The Bertz CT molecular complexity index is 189. The molecule has 0 aromatic heterocycles. The average molecular weight is 249 g/mol. The van der Waals surface area contributed by atoms with Gasteiger partial charge < -0.3 is 25.4 Å². The second kappa shape index (κ2) is 8.00. The normalized spacial score (nSPS) is 19.4. The lowest BCUT2D eigenvalue weighted by Crippen LogP contribution is -2.46. The number of ether oxygens (including phenoxy) is 2. The molecule has 4 atom stereocenters. The molecule has 0 aromatic carbocycles. The summed E-state index contributed by atoms with van der Waals surface area (Å²) in [5, 5.41) is 18.7. The molecule has 0 radical (unpaired) electrons. The van der Waals surface area contributed by atoms with Crippen molar-refractivity contribution in [3.8, 4) is 0 Å². The Kier molecular flexibility index (Phi) is 7.91. The largest absolute Gasteiger partial charge is 0.394 e. The molecule has 5 heteroatoms. The highest BCUT2D eigenvalue weighted by atomic mass is 16.6. The summed E-state index contributed by atoms with van der Waals surface area (Å²) < 4.78 is 11.2. The predicted octanol–water partition coefficient (Wildman–Crippen LogP) is 0.479. The fourth-order valence-corrected chi connectivity index (χ4v) is 1.65. The summed E-state index contributed by atoms with van der Waals surface area (Å²) >= 11 is 0. The number of rotatable bonds is 8. The van der Waals surface area contributed by atoms with Crippen LogP contribution in [0.3, 0.4) is 0 Å². The summed E-state index contributed by atoms with van der Waals surface area (Å²) in [5.74, 6) is 0.0651. The Morgan fingerprint density at radius 2 is 1.59 bits per heavy atom. The number of nitrogens with two attached hydrogens (primary N) is 1. The highest BCUT2D eigenvalue weighted by molar-refractivity contribution is 4.74. The lowest BCUT2D eigenvalue weighted by Gasteiger charge is -2.32. The standard InChI is InChI=1S/C12H27NO4/c1-7(2)11(12(13)15)17-10(6-14)9(5)16-8(3)4/h7-12,14-15H,6,13H2,1-5H3/t9-,10?,11?,12-/m0/s1. The van der Waals surface area contributed by atoms with E-state index in [9.17, 15) is 10.2 Å². The van der Waals surface area contributed by atoms with Gasteiger partial charge in [-0.05, 0) is 26.7 Å². The van der Waals surface area contributed by atoms with Crippen molar-refractivity contribution in [1.29, 1.82) is 0 Å². The molecule has 5 nitrogen and oxygen atoms in total. The van der Waals surface area contributed by atoms with Crippen molar-refractivity contribution < 1.29 is 19.7 Å². The molecule has 0 aliphatic heterocycles. The SMILES string of the molecule is CC(C)O[C@@H](C)C(CO)OC(C(C)C)[C@@H](N)O. The molecule has 0 saturated carbocycles. The topological polar surface area (TPSA) is 84.9 Å². The van der Waals surface area contributed by atoms with Gasteiger partial charge in [-0.1, -0.05) is 13.8 Å². The molecule has 4 N–H and O–H groups in total. The molecule has 0 bridgehead atoms. The first-order valence-electron chi connectivity index (χ1n) is 6.15. The third-order valence-corrected chi connectivity index (χ3v) is 2.52. The van der Waals surface area contributed by atoms with Crippen LogP contribution in [0, 0.1) is 5.92 Å². The van der Waals surface area contributed by atoms with Crippen molar-refractivity contribution >= 4 is 0 Å². The van der Waals surface area contributed by atoms with E-state index in [0.29, 0.717) is 0 Å². The summed E-state index contributed by atoms with van der Waals surface area (Å²) in [6, 6.07) is 0. The summed E-state index contributed by atoms with van der Waals surface area (Å²) in [7, 11) is 0. The van der Waals surface area contributed by atoms with E-state index < -0.39 is 18.4 Å². The van der Waals surface area contributed by atoms with Crippen LogP contribution in [0.25, 0.3) is 0 Å². The van der Waals surface area contributed by atoms with Crippen molar-refractivity contribution in [2.24, 2.45) is 11.7 Å². The Labute approximate surface area is 104 Å². The molecule has 0 saturated heterocycles. The van der Waals surface area contributed by atoms with E-state index in [2.05, 4.69) is 0 Å². The van der Waals surface area contributed by atoms with Crippen LogP contribution < -0.4 is 5.73 Å². The number of hydrogen-bond donors (Lipinski definition) is 3. The molecule has 0 aliphatic carbocycles. The molecule has 0 aliphatic rings. The van der Waals surface area contributed by atoms with Crippen LogP contribution in [0.5, 0.6) is 0 Å². The lowest BCUT2D eigenvalue weighted by molar-refractivity contribution is -0.159. The molecule has 2 unspecified atom stereocenters. The first-order chi connectivity index (χ1) is 7.79. The highest BCUT2D eigenvalue weighted by Gasteiger charge is 2.28. The van der Waals surface area contributed by atoms with E-state index in [-0.39, 0.29) is 24.7 Å². The van der Waals surface area contributed by atoms with Crippen LogP contribution in [-0.4, -0.2) is 47.5 Å². The molecule has 104 valence electrons. The smallest absolute Gasteiger partial charge is 0.129 e. The predicted molar refractivity (Wildman–Crippen MR) is 66.5 cm³/mol. The van der Waals surface area contributed by atoms with Crippen molar-refractivity contribution in [3.63, 3.8) is 0 Å². The quantitative estimate of drug-likeness (QED) is 0.545. The zero-order chi connectivity index (χ0) is 13.6. The van der Waals surface area contributed by atoms with Gasteiger partial charge >= 0.3 is 0 Å². The van der Waals surface area contributed by atoms with Crippen LogP contribution in [0.15, 0.2) is 0 Å². The average Bonchev–Trinajstić information content (AvgIpc) is 2.16. The van der Waals surface area contributed by atoms with E-state index in [0.717, 1.165) is 0 Å². The molecule has 0 heterocycles. The first-order valence-corrected chi connectivity index (χ1v) is 6.15. The lowest BCUT2D eigenvalue weighted by atomic mass is 10.1. The first kappa shape index (κ1) is 16.8. The van der Waals surface area contributed by atoms with E-state index in [1.54, 1.807) is 0 Å². The van der Waals surface area contributed by atoms with E-state index in [1.165, 1.54) is 0 Å². The van der Waals surface area contributed by atoms with Crippen LogP contribution >= 0.6 is 0 Å². The molecule has 0 rings (SSSR count). The number of hydrogen-bond acceptors (Lipinski definition) is 5. The summed E-state index contributed by atoms with van der Waals surface area (Å²) in [6.07, 6.45) is -2.24. The molecule has 0 aromatic rings. The van der Waals surface area contributed by atoms with Gasteiger partial charge in [0.15, 0.2) is 0 Å². The molecular formula is C12H27NO4. The Hall–Kier alpha value is -0.200. The summed E-state index contributed by atoms with van der Waals surface area (Å²) in [6.45, 7) is 9.32. The van der Waals surface area contributed by atoms with Gasteiger partial charge in [-0.25, -0.2) is 0 Å². The Balaban J connectivity index is 4.45. The third kappa shape index (κ3) is 6.33. The van der Waals surface area contributed by atoms with E-state index in [1.807, 2.05) is 34.6 Å². The maximum absolute atomic E-state index is 9.42. The van der Waals surface area contributed by atoms with Crippen LogP contribution in [0.2, 0.25) is 0 Å². The van der Waals surface area contributed by atoms with E-state index >= 15 is 0 Å². The van der Waals surface area contributed by atoms with Gasteiger partial charge in [0.25, 0.3) is 0 Å². The fraction of sp³-hybridized carbons (Fsp3) is 1.00. The van der Waals surface area contributed by atoms with Crippen molar-refractivity contribution in [3.05, 3.63) is 0 Å². The highest BCUT2D eigenvalue weighted by Crippen LogP contribution is 2.15. The monoisotopic (exact) mass is 249 g/mol. The van der Waals surface area contributed by atoms with Gasteiger partial charge in [0, 0.05) is 0 Å². The van der Waals surface area contributed by atoms with Gasteiger partial charge in [0.05, 0.1) is 24.9 Å². The van der Waals surface area contributed by atoms with Gasteiger partial charge in [-0.2, -0.15) is 0 Å². The van der Waals surface area contributed by atoms with Crippen LogP contribution in [0.1, 0.15) is 34.6 Å². The van der Waals surface area contributed by atoms with E-state index in [4.69, 9.17) is 15.2 Å². The molecule has 0 amide bonds. The minimum atomic E-state index is -1.06. The fourth-order valence-electron chi connectivity index (χ4n) is 1.65. The van der Waals surface area contributed by atoms with Gasteiger partial charge in [-0.15, -0.1) is 0 Å². The minimum Gasteiger partial charge on any atom is -0.394 e. The van der Waals surface area contributed by atoms with Gasteiger partial charge in [0.2, 0.25) is 0 Å². The maximum Gasteiger partial charge on any atom is 0.129 e. The van der Waals surface area contributed by atoms with Gasteiger partial charge in [-0.3, -0.25) is 0 Å². The summed E-state index contributed by atoms with van der Waals surface area (Å²) in [5.41, 5.74) is 5.45. The van der Waals surface area contributed by atoms with Crippen molar-refractivity contribution in [1.82, 2.24) is 0 Å². The molecule has 17 heavy (non-hydrogen) atoms. The second-order valence-electron chi connectivity index (χ2n) is 4.95. The van der Waals surface area contributed by atoms with Crippen molar-refractivity contribution in [2.75, 3.05) is 6.61 Å². The zero-order valence-corrected chi connectivity index (χ0v) is 11.5. The third-order valence-electron chi connectivity index (χ3n) is 2.52. The minimum absolute atomic E-state index is 0.0583. The second-order valence-corrected chi connectivity index (χ2v) is 4.95. The Morgan fingerprint density at radius 3 is 1.88 bits per heavy atom. The molecular weight excluding hydrogens is 222 g/mol. The summed E-state index contributed by atoms with van der Waals surface area (Å²) in [4.78, 5) is 0. The molecule has 0 spiro atoms. The van der Waals surface area contributed by atoms with Crippen LogP contribution in [-0.2, 0) is 9.47 Å². The van der Waals surface area contributed by atoms with Crippen molar-refractivity contribution in [2.45, 2.75) is 65.3 Å². The van der Waals surface area contributed by atoms with Crippen LogP contribution in [0.4, 0.5) is 0 Å².